The highest BCUT2D eigenvalue weighted by atomic mass is 16.5. The number of hydrogen-bond acceptors (Lipinski definition) is 12. The van der Waals surface area contributed by atoms with E-state index in [2.05, 4.69) is 0 Å². The fraction of sp³-hybridized carbons (Fsp3) is 0.227. The molecule has 0 bridgehead atoms. The van der Waals surface area contributed by atoms with Gasteiger partial charge in [0.2, 0.25) is 10.9 Å². The highest BCUT2D eigenvalue weighted by molar-refractivity contribution is 6.38. The molecule has 0 saturated heterocycles. The second-order valence-electron chi connectivity index (χ2n) is 12.7. The van der Waals surface area contributed by atoms with Gasteiger partial charge in [0.05, 0.1) is 77.8 Å². The fourth-order valence-corrected chi connectivity index (χ4v) is 7.66. The Balaban J connectivity index is 1.63. The van der Waals surface area contributed by atoms with Crippen LogP contribution in [0.5, 0.6) is 34.5 Å². The van der Waals surface area contributed by atoms with Crippen molar-refractivity contribution in [2.45, 2.75) is 12.8 Å². The van der Waals surface area contributed by atoms with Crippen molar-refractivity contribution in [3.63, 3.8) is 0 Å². The van der Waals surface area contributed by atoms with E-state index in [0.29, 0.717) is 66.1 Å². The van der Waals surface area contributed by atoms with Crippen LogP contribution >= 0.6 is 0 Å². The molecule has 7 aromatic carbocycles. The molecule has 286 valence electrons. The average Bonchev–Trinajstić information content (AvgIpc) is 3.23. The molecule has 0 aliphatic heterocycles. The van der Waals surface area contributed by atoms with E-state index >= 15 is 0 Å². The lowest BCUT2D eigenvalue weighted by atomic mass is 9.82. The molecule has 0 aliphatic carbocycles. The summed E-state index contributed by atoms with van der Waals surface area (Å²) in [6, 6.07) is 20.3. The van der Waals surface area contributed by atoms with Gasteiger partial charge in [-0.25, -0.2) is 9.59 Å². The second kappa shape index (κ2) is 15.5. The largest absolute Gasteiger partial charge is 0.496 e. The van der Waals surface area contributed by atoms with Crippen LogP contribution in [0.25, 0.3) is 43.1 Å². The van der Waals surface area contributed by atoms with Crippen molar-refractivity contribution >= 4 is 55.0 Å². The van der Waals surface area contributed by atoms with E-state index in [1.165, 1.54) is 42.7 Å². The zero-order valence-electron chi connectivity index (χ0n) is 31.7. The second-order valence-corrected chi connectivity index (χ2v) is 12.7. The highest BCUT2D eigenvalue weighted by Crippen LogP contribution is 2.53. The molecule has 12 nitrogen and oxygen atoms in total. The van der Waals surface area contributed by atoms with Gasteiger partial charge in [-0.1, -0.05) is 36.4 Å². The Kier molecular flexibility index (Phi) is 10.4. The molecule has 0 aromatic heterocycles. The molecule has 0 amide bonds. The summed E-state index contributed by atoms with van der Waals surface area (Å²) >= 11 is 0. The number of fused-ring (bicyclic) bond motifs is 2. The molecule has 56 heavy (non-hydrogen) atoms. The minimum atomic E-state index is -0.550. The number of methoxy groups -OCH3 is 6. The third kappa shape index (κ3) is 6.03. The smallest absolute Gasteiger partial charge is 0.338 e. The normalized spacial score (nSPS) is 11.2. The molecular weight excluding hydrogens is 720 g/mol. The molecule has 0 N–H and O–H groups in total. The van der Waals surface area contributed by atoms with Crippen LogP contribution in [0.4, 0.5) is 0 Å². The Morgan fingerprint density at radius 2 is 0.768 bits per heavy atom. The van der Waals surface area contributed by atoms with Crippen LogP contribution in [0.2, 0.25) is 0 Å². The first kappa shape index (κ1) is 37.5. The van der Waals surface area contributed by atoms with Gasteiger partial charge in [0.25, 0.3) is 0 Å². The predicted octanol–water partition coefficient (Wildman–Crippen LogP) is 6.75. The summed E-state index contributed by atoms with van der Waals surface area (Å²) in [4.78, 5) is 55.5. The SMILES string of the molecule is COc1c(CCOC(=O)c2ccccc2)c2c3c(CCOC(=O)c4ccccc4)c(OC)c(=O)c4c(OC)cc(OC)c(c5c(OC)cc(OC)c(c1=O)c52)c43. The van der Waals surface area contributed by atoms with E-state index in [1.54, 1.807) is 72.8 Å². The summed E-state index contributed by atoms with van der Waals surface area (Å²) < 4.78 is 46.9. The van der Waals surface area contributed by atoms with Crippen LogP contribution in [0.1, 0.15) is 31.8 Å². The molecule has 0 heterocycles. The van der Waals surface area contributed by atoms with E-state index in [4.69, 9.17) is 37.9 Å². The summed E-state index contributed by atoms with van der Waals surface area (Å²) in [7, 11) is 8.64. The number of hydrogen-bond donors (Lipinski definition) is 0. The maximum absolute atomic E-state index is 14.6. The van der Waals surface area contributed by atoms with Crippen molar-refractivity contribution in [2.75, 3.05) is 55.9 Å². The number of benzene rings is 7. The Morgan fingerprint density at radius 1 is 0.429 bits per heavy atom. The molecule has 0 fully saturated rings. The quantitative estimate of drug-likeness (QED) is 0.0658. The summed E-state index contributed by atoms with van der Waals surface area (Å²) in [5, 5.41) is 3.11. The van der Waals surface area contributed by atoms with Crippen LogP contribution < -0.4 is 39.3 Å². The lowest BCUT2D eigenvalue weighted by Gasteiger charge is -2.25. The van der Waals surface area contributed by atoms with Crippen molar-refractivity contribution < 1.29 is 47.5 Å². The monoisotopic (exact) mass is 758 g/mol. The number of esters is 2. The molecule has 7 aromatic rings. The van der Waals surface area contributed by atoms with Crippen LogP contribution in [0, 0.1) is 0 Å². The van der Waals surface area contributed by atoms with Gasteiger partial charge in [0.15, 0.2) is 11.5 Å². The highest BCUT2D eigenvalue weighted by Gasteiger charge is 2.33. The number of carbonyl (C=O) groups is 2. The van der Waals surface area contributed by atoms with Crippen molar-refractivity contribution in [3.05, 3.63) is 115 Å². The molecule has 0 saturated carbocycles. The first-order valence-electron chi connectivity index (χ1n) is 17.7. The number of carbonyl (C=O) groups excluding carboxylic acids is 2. The lowest BCUT2D eigenvalue weighted by molar-refractivity contribution is 0.0499. The van der Waals surface area contributed by atoms with Gasteiger partial charge < -0.3 is 37.9 Å². The maximum atomic E-state index is 14.6. The van der Waals surface area contributed by atoms with E-state index in [9.17, 15) is 19.2 Å². The maximum Gasteiger partial charge on any atom is 0.338 e. The summed E-state index contributed by atoms with van der Waals surface area (Å²) in [6.07, 6.45) is 0.0338. The molecule has 0 spiro atoms. The number of rotatable bonds is 14. The van der Waals surface area contributed by atoms with E-state index < -0.39 is 22.8 Å². The Morgan fingerprint density at radius 3 is 1.09 bits per heavy atom. The van der Waals surface area contributed by atoms with Crippen molar-refractivity contribution in [1.29, 1.82) is 0 Å². The molecule has 0 aliphatic rings. The minimum absolute atomic E-state index is 0.0169. The van der Waals surface area contributed by atoms with E-state index in [-0.39, 0.29) is 59.8 Å². The molecule has 12 heteroatoms. The van der Waals surface area contributed by atoms with Gasteiger partial charge >= 0.3 is 11.9 Å². The fourth-order valence-electron chi connectivity index (χ4n) is 7.66. The van der Waals surface area contributed by atoms with Crippen LogP contribution in [-0.4, -0.2) is 67.8 Å². The zero-order valence-corrected chi connectivity index (χ0v) is 31.7. The Bertz CT molecular complexity index is 2540. The molecule has 7 rings (SSSR count). The average molecular weight is 759 g/mol. The first-order chi connectivity index (χ1) is 27.2. The summed E-state index contributed by atoms with van der Waals surface area (Å²) in [5.41, 5.74) is 0.541. The van der Waals surface area contributed by atoms with Gasteiger partial charge in [0.1, 0.15) is 23.0 Å². The van der Waals surface area contributed by atoms with E-state index in [0.717, 1.165) is 0 Å². The topological polar surface area (TPSA) is 142 Å². The predicted molar refractivity (Wildman–Crippen MR) is 212 cm³/mol. The number of ether oxygens (including phenoxy) is 8. The van der Waals surface area contributed by atoms with Gasteiger partial charge in [-0.2, -0.15) is 0 Å². The first-order valence-corrected chi connectivity index (χ1v) is 17.7. The lowest BCUT2D eigenvalue weighted by Crippen LogP contribution is -2.17. The Labute approximate surface area is 320 Å². The molecule has 0 atom stereocenters. The van der Waals surface area contributed by atoms with E-state index in [1.807, 2.05) is 0 Å². The Hall–Kier alpha value is -6.82. The van der Waals surface area contributed by atoms with Crippen LogP contribution in [0.3, 0.4) is 0 Å². The van der Waals surface area contributed by atoms with Crippen LogP contribution in [0.15, 0.2) is 82.4 Å². The summed E-state index contributed by atoms with van der Waals surface area (Å²) in [5.74, 6) is -0.0455. The van der Waals surface area contributed by atoms with Gasteiger partial charge in [-0.05, 0) is 35.0 Å². The van der Waals surface area contributed by atoms with Gasteiger partial charge in [-0.3, -0.25) is 9.59 Å². The molecular formula is C44H38O12. The van der Waals surface area contributed by atoms with Crippen molar-refractivity contribution in [3.8, 4) is 34.5 Å². The van der Waals surface area contributed by atoms with Gasteiger partial charge in [0, 0.05) is 57.6 Å². The van der Waals surface area contributed by atoms with Gasteiger partial charge in [-0.15, -0.1) is 0 Å². The van der Waals surface area contributed by atoms with Crippen LogP contribution in [-0.2, 0) is 22.3 Å². The molecule has 0 radical (unpaired) electrons. The standard InChI is InChI=1S/C44H38O12/c1-49-27-21-29(51-3)35-37-31(25(41(53-5)39(35)45)17-19-55-43(47)23-13-9-7-10-14-23)32-26(18-20-56-44(48)24-15-11-8-12-16-24)42(54-6)40(46)36-30(52-4)22-28(50-2)34(33(27)37)38(32)36/h7-16,21-22H,17-20H2,1-6H3. The minimum Gasteiger partial charge on any atom is -0.496 e. The molecule has 0 unspecified atom stereocenters. The van der Waals surface area contributed by atoms with Crippen molar-refractivity contribution in [2.24, 2.45) is 0 Å². The third-order valence-corrected chi connectivity index (χ3v) is 10.0. The third-order valence-electron chi connectivity index (χ3n) is 10.0. The summed E-state index contributed by atoms with van der Waals surface area (Å²) in [6.45, 7) is -0.284. The van der Waals surface area contributed by atoms with Crippen molar-refractivity contribution in [1.82, 2.24) is 0 Å². The zero-order chi connectivity index (χ0) is 39.7.